The van der Waals surface area contributed by atoms with Gasteiger partial charge >= 0.3 is 0 Å². The Morgan fingerprint density at radius 1 is 1.05 bits per heavy atom. The van der Waals surface area contributed by atoms with E-state index in [1.165, 1.54) is 34.7 Å². The second kappa shape index (κ2) is 6.13. The minimum atomic E-state index is -0.947. The van der Waals surface area contributed by atoms with Crippen LogP contribution in [-0.2, 0) is 0 Å². The van der Waals surface area contributed by atoms with Gasteiger partial charge in [-0.3, -0.25) is 0 Å². The molecule has 1 aliphatic heterocycles. The number of hydrogen-bond acceptors (Lipinski definition) is 0. The Labute approximate surface area is 135 Å². The van der Waals surface area contributed by atoms with Crippen LogP contribution in [0.5, 0.6) is 0 Å². The molecule has 1 aromatic rings. The molecule has 0 spiro atoms. The first-order chi connectivity index (χ1) is 10.5. The largest absolute Gasteiger partial charge is 0.663 e. The fraction of sp³-hybridized carbons (Fsp3) is 0.300. The van der Waals surface area contributed by atoms with Gasteiger partial charge in [-0.2, -0.15) is 6.20 Å². The summed E-state index contributed by atoms with van der Waals surface area (Å²) in [6.45, 7) is 7.35. The van der Waals surface area contributed by atoms with Gasteiger partial charge in [-0.25, -0.2) is 0 Å². The maximum absolute atomic E-state index is 4.68. The zero-order valence-electron chi connectivity index (χ0n) is 13.8. The summed E-state index contributed by atoms with van der Waals surface area (Å²) < 4.78 is 0. The van der Waals surface area contributed by atoms with Gasteiger partial charge in [0.2, 0.25) is 0 Å². The minimum Gasteiger partial charge on any atom is -0.663 e. The van der Waals surface area contributed by atoms with Crippen molar-refractivity contribution in [1.82, 2.24) is 0 Å². The van der Waals surface area contributed by atoms with Crippen LogP contribution < -0.4 is 0 Å². The SMILES string of the molecule is C[Si](C)(C)CCCC1=CC=C/C1=C1\[N-]C=Cc2ccccc21. The first kappa shape index (κ1) is 15.1. The molecule has 0 unspecified atom stereocenters. The molecular formula is C20H24NSi-. The third-order valence-electron chi connectivity index (χ3n) is 4.21. The molecule has 0 saturated carbocycles. The molecule has 1 aliphatic carbocycles. The molecule has 0 N–H and O–H groups in total. The highest BCUT2D eigenvalue weighted by Gasteiger charge is 2.15. The van der Waals surface area contributed by atoms with Crippen molar-refractivity contribution in [2.75, 3.05) is 0 Å². The van der Waals surface area contributed by atoms with Gasteiger partial charge in [0.15, 0.2) is 0 Å². The van der Waals surface area contributed by atoms with Crippen LogP contribution in [0.25, 0.3) is 17.1 Å². The van der Waals surface area contributed by atoms with Crippen molar-refractivity contribution in [2.45, 2.75) is 38.5 Å². The lowest BCUT2D eigenvalue weighted by Gasteiger charge is -2.31. The van der Waals surface area contributed by atoms with Crippen molar-refractivity contribution in [3.63, 3.8) is 0 Å². The average Bonchev–Trinajstić information content (AvgIpc) is 2.93. The van der Waals surface area contributed by atoms with Crippen LogP contribution in [0, 0.1) is 0 Å². The third-order valence-corrected chi connectivity index (χ3v) is 6.06. The lowest BCUT2D eigenvalue weighted by Crippen LogP contribution is -2.18. The fourth-order valence-electron chi connectivity index (χ4n) is 3.05. The minimum absolute atomic E-state index is 0.947. The van der Waals surface area contributed by atoms with Crippen LogP contribution in [0.4, 0.5) is 0 Å². The molecule has 1 aromatic carbocycles. The Morgan fingerprint density at radius 2 is 1.86 bits per heavy atom. The summed E-state index contributed by atoms with van der Waals surface area (Å²) in [5, 5.41) is 4.68. The van der Waals surface area contributed by atoms with Gasteiger partial charge in [-0.1, -0.05) is 80.7 Å². The smallest absolute Gasteiger partial charge is 0.0442 e. The van der Waals surface area contributed by atoms with Crippen LogP contribution in [0.15, 0.2) is 59.8 Å². The van der Waals surface area contributed by atoms with Gasteiger partial charge in [0.05, 0.1) is 0 Å². The fourth-order valence-corrected chi connectivity index (χ4v) is 4.29. The topological polar surface area (TPSA) is 14.1 Å². The molecule has 1 heterocycles. The van der Waals surface area contributed by atoms with Gasteiger partial charge < -0.3 is 5.32 Å². The number of benzene rings is 1. The summed E-state index contributed by atoms with van der Waals surface area (Å²) in [6, 6.07) is 9.92. The first-order valence-corrected chi connectivity index (χ1v) is 11.8. The normalized spacial score (nSPS) is 19.9. The van der Waals surface area contributed by atoms with Crippen LogP contribution in [0.2, 0.25) is 25.7 Å². The molecule has 3 rings (SSSR count). The zero-order chi connectivity index (χ0) is 15.6. The molecule has 0 bridgehead atoms. The van der Waals surface area contributed by atoms with Crippen molar-refractivity contribution in [2.24, 2.45) is 0 Å². The lowest BCUT2D eigenvalue weighted by molar-refractivity contribution is 0.902. The summed E-state index contributed by atoms with van der Waals surface area (Å²) in [4.78, 5) is 0. The Morgan fingerprint density at radius 3 is 2.68 bits per heavy atom. The first-order valence-electron chi connectivity index (χ1n) is 8.13. The van der Waals surface area contributed by atoms with E-state index in [1.807, 2.05) is 6.20 Å². The molecule has 2 heteroatoms. The van der Waals surface area contributed by atoms with E-state index >= 15 is 0 Å². The predicted octanol–water partition coefficient (Wildman–Crippen LogP) is 6.37. The molecule has 0 fully saturated rings. The van der Waals surface area contributed by atoms with Gasteiger partial charge in [-0.15, -0.1) is 5.70 Å². The maximum atomic E-state index is 4.68. The van der Waals surface area contributed by atoms with Crippen LogP contribution >= 0.6 is 0 Å². The zero-order valence-corrected chi connectivity index (χ0v) is 14.8. The number of rotatable bonds is 4. The molecule has 0 amide bonds. The van der Waals surface area contributed by atoms with E-state index in [-0.39, 0.29) is 0 Å². The van der Waals surface area contributed by atoms with Crippen LogP contribution in [0.1, 0.15) is 24.0 Å². The Bertz CT molecular complexity index is 684. The summed E-state index contributed by atoms with van der Waals surface area (Å²) >= 11 is 0. The van der Waals surface area contributed by atoms with Crippen molar-refractivity contribution in [1.29, 1.82) is 0 Å². The molecule has 0 radical (unpaired) electrons. The highest BCUT2D eigenvalue weighted by Crippen LogP contribution is 2.38. The van der Waals surface area contributed by atoms with E-state index in [2.05, 4.69) is 73.5 Å². The van der Waals surface area contributed by atoms with Gasteiger partial charge in [-0.05, 0) is 28.7 Å². The molecule has 114 valence electrons. The van der Waals surface area contributed by atoms with E-state index in [0.29, 0.717) is 0 Å². The van der Waals surface area contributed by atoms with E-state index in [1.54, 1.807) is 0 Å². The number of hydrogen-bond donors (Lipinski definition) is 0. The van der Waals surface area contributed by atoms with Crippen molar-refractivity contribution in [3.8, 4) is 0 Å². The lowest BCUT2D eigenvalue weighted by atomic mass is 9.94. The second-order valence-electron chi connectivity index (χ2n) is 7.26. The molecule has 0 atom stereocenters. The number of nitrogens with zero attached hydrogens (tertiary/aromatic N) is 1. The summed E-state index contributed by atoms with van der Waals surface area (Å²) in [7, 11) is -0.947. The highest BCUT2D eigenvalue weighted by molar-refractivity contribution is 6.76. The predicted molar refractivity (Wildman–Crippen MR) is 100 cm³/mol. The monoisotopic (exact) mass is 306 g/mol. The second-order valence-corrected chi connectivity index (χ2v) is 12.9. The third kappa shape index (κ3) is 3.33. The van der Waals surface area contributed by atoms with Crippen molar-refractivity contribution >= 4 is 19.8 Å². The van der Waals surface area contributed by atoms with Crippen molar-refractivity contribution in [3.05, 3.63) is 76.3 Å². The number of fused-ring (bicyclic) bond motifs is 1. The molecule has 22 heavy (non-hydrogen) atoms. The number of allylic oxidation sites excluding steroid dienone is 5. The molecular weight excluding hydrogens is 282 g/mol. The van der Waals surface area contributed by atoms with E-state index < -0.39 is 8.07 Å². The Kier molecular flexibility index (Phi) is 4.21. The summed E-state index contributed by atoms with van der Waals surface area (Å²) in [5.41, 5.74) is 6.41. The molecule has 1 nitrogen and oxygen atoms in total. The van der Waals surface area contributed by atoms with Gasteiger partial charge in [0, 0.05) is 8.07 Å². The summed E-state index contributed by atoms with van der Waals surface area (Å²) in [5.74, 6) is 0. The Balaban J connectivity index is 1.83. The molecule has 0 aromatic heterocycles. The van der Waals surface area contributed by atoms with Crippen molar-refractivity contribution < 1.29 is 0 Å². The Hall–Kier alpha value is -1.80. The van der Waals surface area contributed by atoms with E-state index in [0.717, 1.165) is 12.1 Å². The van der Waals surface area contributed by atoms with Crippen LogP contribution in [-0.4, -0.2) is 8.07 Å². The quantitative estimate of drug-likeness (QED) is 0.574. The van der Waals surface area contributed by atoms with Gasteiger partial charge in [0.1, 0.15) is 0 Å². The maximum Gasteiger partial charge on any atom is 0.0442 e. The van der Waals surface area contributed by atoms with E-state index in [9.17, 15) is 0 Å². The van der Waals surface area contributed by atoms with Crippen LogP contribution in [0.3, 0.4) is 0 Å². The highest BCUT2D eigenvalue weighted by atomic mass is 28.3. The van der Waals surface area contributed by atoms with Gasteiger partial charge in [0.25, 0.3) is 0 Å². The average molecular weight is 307 g/mol. The van der Waals surface area contributed by atoms with E-state index in [4.69, 9.17) is 0 Å². The summed E-state index contributed by atoms with van der Waals surface area (Å²) in [6.07, 6.45) is 13.1. The standard InChI is InChI=1S/C20H24NSi/c1-22(2,3)15-7-10-16-9-6-12-19(16)20-18-11-5-4-8-17(18)13-14-21-20/h4-6,8-9,11-14H,7,10,15H2,1-3H3/q-1/b20-19+. The molecule has 2 aliphatic rings. The molecule has 0 saturated heterocycles.